The molecule has 0 fully saturated rings. The van der Waals surface area contributed by atoms with Crippen molar-refractivity contribution >= 4 is 11.6 Å². The standard InChI is InChI=1S/C24H24F3N5O2/c1-15(2)11-16-3-5-17(6-4-16)19-12-29-23(34-19)10-9-22(33)28-13-21-31-30-20-8-7-18(14-32(20)21)24(25,26)27/h3-8,12,14-15H,9-11,13H2,1-2H3,(H,28,33). The van der Waals surface area contributed by atoms with Gasteiger partial charge in [0.15, 0.2) is 23.1 Å². The van der Waals surface area contributed by atoms with Crippen molar-refractivity contribution in [2.45, 2.75) is 45.8 Å². The van der Waals surface area contributed by atoms with E-state index in [0.29, 0.717) is 17.6 Å². The molecular weight excluding hydrogens is 447 g/mol. The maximum Gasteiger partial charge on any atom is 0.417 e. The number of rotatable bonds is 8. The normalized spacial score (nSPS) is 11.9. The van der Waals surface area contributed by atoms with E-state index < -0.39 is 11.7 Å². The highest BCUT2D eigenvalue weighted by Gasteiger charge is 2.31. The molecule has 0 bridgehead atoms. The molecule has 10 heteroatoms. The Labute approximate surface area is 194 Å². The monoisotopic (exact) mass is 471 g/mol. The van der Waals surface area contributed by atoms with Crippen LogP contribution in [0.15, 0.2) is 53.2 Å². The summed E-state index contributed by atoms with van der Waals surface area (Å²) in [6.07, 6.45) is -0.533. The highest BCUT2D eigenvalue weighted by atomic mass is 19.4. The third kappa shape index (κ3) is 5.62. The molecule has 4 aromatic rings. The fourth-order valence-electron chi connectivity index (χ4n) is 3.55. The summed E-state index contributed by atoms with van der Waals surface area (Å²) in [5.74, 6) is 1.53. The molecule has 0 unspecified atom stereocenters. The van der Waals surface area contributed by atoms with Crippen LogP contribution in [-0.2, 0) is 30.4 Å². The molecule has 0 radical (unpaired) electrons. The Morgan fingerprint density at radius 1 is 1.12 bits per heavy atom. The molecule has 1 amide bonds. The lowest BCUT2D eigenvalue weighted by molar-refractivity contribution is -0.137. The van der Waals surface area contributed by atoms with Gasteiger partial charge in [-0.1, -0.05) is 38.1 Å². The highest BCUT2D eigenvalue weighted by molar-refractivity contribution is 5.76. The number of aryl methyl sites for hydroxylation is 1. The van der Waals surface area contributed by atoms with Crippen LogP contribution in [0.3, 0.4) is 0 Å². The molecule has 0 aliphatic heterocycles. The quantitative estimate of drug-likeness (QED) is 0.397. The highest BCUT2D eigenvalue weighted by Crippen LogP contribution is 2.29. The van der Waals surface area contributed by atoms with E-state index in [1.807, 2.05) is 12.1 Å². The van der Waals surface area contributed by atoms with Gasteiger partial charge in [0.05, 0.1) is 18.3 Å². The minimum Gasteiger partial charge on any atom is -0.441 e. The number of hydrogen-bond acceptors (Lipinski definition) is 5. The topological polar surface area (TPSA) is 85.3 Å². The Morgan fingerprint density at radius 2 is 1.88 bits per heavy atom. The predicted molar refractivity (Wildman–Crippen MR) is 119 cm³/mol. The zero-order valence-corrected chi connectivity index (χ0v) is 18.8. The third-order valence-corrected chi connectivity index (χ3v) is 5.25. The molecule has 0 saturated carbocycles. The number of benzene rings is 1. The maximum absolute atomic E-state index is 13.0. The van der Waals surface area contributed by atoms with Gasteiger partial charge in [-0.2, -0.15) is 13.2 Å². The van der Waals surface area contributed by atoms with Gasteiger partial charge in [-0.3, -0.25) is 9.20 Å². The Morgan fingerprint density at radius 3 is 2.59 bits per heavy atom. The van der Waals surface area contributed by atoms with Gasteiger partial charge in [0.25, 0.3) is 0 Å². The summed E-state index contributed by atoms with van der Waals surface area (Å²) in [6.45, 7) is 4.29. The van der Waals surface area contributed by atoms with Crippen molar-refractivity contribution in [2.75, 3.05) is 0 Å². The van der Waals surface area contributed by atoms with Gasteiger partial charge in [-0.05, 0) is 30.0 Å². The van der Waals surface area contributed by atoms with Crippen LogP contribution >= 0.6 is 0 Å². The van der Waals surface area contributed by atoms with Crippen molar-refractivity contribution < 1.29 is 22.4 Å². The zero-order valence-electron chi connectivity index (χ0n) is 18.8. The minimum absolute atomic E-state index is 0.0547. The summed E-state index contributed by atoms with van der Waals surface area (Å²) in [5, 5.41) is 10.4. The lowest BCUT2D eigenvalue weighted by Gasteiger charge is -2.08. The summed E-state index contributed by atoms with van der Waals surface area (Å²) in [7, 11) is 0. The lowest BCUT2D eigenvalue weighted by Crippen LogP contribution is -2.24. The second-order valence-electron chi connectivity index (χ2n) is 8.45. The van der Waals surface area contributed by atoms with Crippen LogP contribution in [0, 0.1) is 5.92 Å². The number of carbonyl (C=O) groups is 1. The molecule has 3 aromatic heterocycles. The largest absolute Gasteiger partial charge is 0.441 e. The van der Waals surface area contributed by atoms with Gasteiger partial charge in [0.2, 0.25) is 5.91 Å². The molecule has 0 atom stereocenters. The molecule has 34 heavy (non-hydrogen) atoms. The average molecular weight is 471 g/mol. The van der Waals surface area contributed by atoms with Crippen LogP contribution in [0.4, 0.5) is 13.2 Å². The predicted octanol–water partition coefficient (Wildman–Crippen LogP) is 4.85. The van der Waals surface area contributed by atoms with E-state index >= 15 is 0 Å². The van der Waals surface area contributed by atoms with E-state index in [9.17, 15) is 18.0 Å². The van der Waals surface area contributed by atoms with Crippen molar-refractivity contribution in [3.05, 3.63) is 71.6 Å². The Bertz CT molecular complexity index is 1280. The number of nitrogens with zero attached hydrogens (tertiary/aromatic N) is 4. The molecule has 3 heterocycles. The van der Waals surface area contributed by atoms with Crippen molar-refractivity contribution in [1.29, 1.82) is 0 Å². The second kappa shape index (κ2) is 9.66. The number of aromatic nitrogens is 4. The smallest absolute Gasteiger partial charge is 0.417 e. The SMILES string of the molecule is CC(C)Cc1ccc(-c2cnc(CCC(=O)NCc3nnc4ccc(C(F)(F)F)cn34)o2)cc1. The van der Waals surface area contributed by atoms with E-state index in [-0.39, 0.29) is 36.8 Å². The number of halogens is 3. The first kappa shape index (κ1) is 23.5. The van der Waals surface area contributed by atoms with Crippen LogP contribution in [0.1, 0.15) is 43.1 Å². The Hall–Kier alpha value is -3.69. The van der Waals surface area contributed by atoms with E-state index in [1.54, 1.807) is 6.20 Å². The van der Waals surface area contributed by atoms with Gasteiger partial charge in [-0.25, -0.2) is 4.98 Å². The van der Waals surface area contributed by atoms with E-state index in [2.05, 4.69) is 46.5 Å². The number of alkyl halides is 3. The van der Waals surface area contributed by atoms with Gasteiger partial charge in [0, 0.05) is 24.6 Å². The van der Waals surface area contributed by atoms with Crippen LogP contribution in [0.5, 0.6) is 0 Å². The Kier molecular flexibility index (Phi) is 6.67. The van der Waals surface area contributed by atoms with Crippen molar-refractivity contribution in [3.8, 4) is 11.3 Å². The molecule has 4 rings (SSSR count). The van der Waals surface area contributed by atoms with E-state index in [0.717, 1.165) is 24.2 Å². The second-order valence-corrected chi connectivity index (χ2v) is 8.45. The van der Waals surface area contributed by atoms with Crippen LogP contribution in [-0.4, -0.2) is 25.5 Å². The van der Waals surface area contributed by atoms with Crippen molar-refractivity contribution in [3.63, 3.8) is 0 Å². The molecule has 1 aromatic carbocycles. The molecule has 1 N–H and O–H groups in total. The number of amides is 1. The van der Waals surface area contributed by atoms with Gasteiger partial charge in [-0.15, -0.1) is 10.2 Å². The number of oxazole rings is 1. The number of carbonyl (C=O) groups excluding carboxylic acids is 1. The van der Waals surface area contributed by atoms with Gasteiger partial charge >= 0.3 is 6.18 Å². The molecule has 0 spiro atoms. The van der Waals surface area contributed by atoms with Crippen LogP contribution < -0.4 is 5.32 Å². The first-order valence-electron chi connectivity index (χ1n) is 10.9. The number of nitrogens with one attached hydrogen (secondary N) is 1. The average Bonchev–Trinajstić information content (AvgIpc) is 3.42. The lowest BCUT2D eigenvalue weighted by atomic mass is 10.0. The van der Waals surface area contributed by atoms with Gasteiger partial charge < -0.3 is 9.73 Å². The summed E-state index contributed by atoms with van der Waals surface area (Å²) in [5.41, 5.74) is 1.61. The zero-order chi connectivity index (χ0) is 24.3. The number of pyridine rings is 1. The molecule has 0 saturated heterocycles. The first-order valence-corrected chi connectivity index (χ1v) is 10.9. The minimum atomic E-state index is -4.48. The summed E-state index contributed by atoms with van der Waals surface area (Å²) in [4.78, 5) is 16.5. The number of fused-ring (bicyclic) bond motifs is 1. The molecule has 0 aliphatic carbocycles. The third-order valence-electron chi connectivity index (χ3n) is 5.25. The molecule has 178 valence electrons. The summed E-state index contributed by atoms with van der Waals surface area (Å²) in [6, 6.07) is 10.3. The first-order chi connectivity index (χ1) is 16.2. The summed E-state index contributed by atoms with van der Waals surface area (Å²) < 4.78 is 45.9. The maximum atomic E-state index is 13.0. The van der Waals surface area contributed by atoms with Crippen LogP contribution in [0.2, 0.25) is 0 Å². The summed E-state index contributed by atoms with van der Waals surface area (Å²) >= 11 is 0. The fourth-order valence-corrected chi connectivity index (χ4v) is 3.55. The van der Waals surface area contributed by atoms with E-state index in [4.69, 9.17) is 4.42 Å². The fraction of sp³-hybridized carbons (Fsp3) is 0.333. The molecule has 0 aliphatic rings. The van der Waals surface area contributed by atoms with Gasteiger partial charge in [0.1, 0.15) is 0 Å². The van der Waals surface area contributed by atoms with E-state index in [1.165, 1.54) is 16.0 Å². The van der Waals surface area contributed by atoms with Crippen LogP contribution in [0.25, 0.3) is 17.0 Å². The molecular formula is C24H24F3N5O2. The molecule has 7 nitrogen and oxygen atoms in total. The number of hydrogen-bond donors (Lipinski definition) is 1. The van der Waals surface area contributed by atoms with Crippen molar-refractivity contribution in [1.82, 2.24) is 24.9 Å². The van der Waals surface area contributed by atoms with Crippen molar-refractivity contribution in [2.24, 2.45) is 5.92 Å². The Balaban J connectivity index is 1.31.